The molecule has 0 fully saturated rings. The van der Waals surface area contributed by atoms with Gasteiger partial charge < -0.3 is 15.4 Å². The molecule has 0 bridgehead atoms. The first-order chi connectivity index (χ1) is 12.8. The molecule has 0 radical (unpaired) electrons. The minimum atomic E-state index is 0.632. The van der Waals surface area contributed by atoms with Crippen molar-refractivity contribution < 1.29 is 4.74 Å². The average Bonchev–Trinajstić information content (AvgIpc) is 3.18. The van der Waals surface area contributed by atoms with E-state index >= 15 is 0 Å². The number of hydrogen-bond donors (Lipinski definition) is 2. The summed E-state index contributed by atoms with van der Waals surface area (Å²) in [5.41, 5.74) is 3.20. The van der Waals surface area contributed by atoms with Crippen LogP contribution in [0.2, 0.25) is 0 Å². The predicted molar refractivity (Wildman–Crippen MR) is 104 cm³/mol. The van der Waals surface area contributed by atoms with Gasteiger partial charge in [-0.05, 0) is 18.2 Å². The summed E-state index contributed by atoms with van der Waals surface area (Å²) in [6.45, 7) is 1.27. The number of methoxy groups -OCH3 is 1. The van der Waals surface area contributed by atoms with Gasteiger partial charge in [0.2, 0.25) is 0 Å². The zero-order valence-electron chi connectivity index (χ0n) is 15.0. The summed E-state index contributed by atoms with van der Waals surface area (Å²) in [6.07, 6.45) is 3.86. The molecule has 26 heavy (non-hydrogen) atoms. The molecule has 2 aromatic carbocycles. The Morgan fingerprint density at radius 1 is 1.04 bits per heavy atom. The summed E-state index contributed by atoms with van der Waals surface area (Å²) < 4.78 is 7.24. The maximum Gasteiger partial charge on any atom is 0.191 e. The normalized spacial score (nSPS) is 11.2. The van der Waals surface area contributed by atoms with E-state index in [9.17, 15) is 0 Å². The Balaban J connectivity index is 1.55. The van der Waals surface area contributed by atoms with Gasteiger partial charge in [0.25, 0.3) is 0 Å². The van der Waals surface area contributed by atoms with Crippen molar-refractivity contribution >= 4 is 5.96 Å². The van der Waals surface area contributed by atoms with E-state index in [0.717, 1.165) is 28.5 Å². The van der Waals surface area contributed by atoms with Crippen molar-refractivity contribution in [2.24, 2.45) is 4.99 Å². The standard InChI is InChI=1S/C20H23N5O/c1-21-20(23-14-17-8-6-7-11-19(17)26-2)22-12-16-13-24-25(15-16)18-9-4-3-5-10-18/h3-11,13,15H,12,14H2,1-2H3,(H2,21,22,23). The Hall–Kier alpha value is -3.28. The molecule has 0 aliphatic carbocycles. The molecule has 0 saturated heterocycles. The van der Waals surface area contributed by atoms with Crippen LogP contribution in [0.1, 0.15) is 11.1 Å². The van der Waals surface area contributed by atoms with E-state index in [1.54, 1.807) is 14.2 Å². The number of nitrogens with zero attached hydrogens (tertiary/aromatic N) is 3. The Morgan fingerprint density at radius 2 is 1.77 bits per heavy atom. The maximum atomic E-state index is 5.37. The molecule has 3 rings (SSSR count). The molecular formula is C20H23N5O. The van der Waals surface area contributed by atoms with Crippen LogP contribution < -0.4 is 15.4 Å². The summed E-state index contributed by atoms with van der Waals surface area (Å²) in [6, 6.07) is 18.0. The number of aliphatic imine (C=N–C) groups is 1. The van der Waals surface area contributed by atoms with Crippen molar-refractivity contribution in [3.63, 3.8) is 0 Å². The summed E-state index contributed by atoms with van der Waals surface area (Å²) in [5.74, 6) is 1.59. The van der Waals surface area contributed by atoms with Gasteiger partial charge in [-0.2, -0.15) is 5.10 Å². The molecule has 2 N–H and O–H groups in total. The SMILES string of the molecule is CN=C(NCc1cnn(-c2ccccc2)c1)NCc1ccccc1OC. The molecule has 0 amide bonds. The first-order valence-corrected chi connectivity index (χ1v) is 8.45. The Morgan fingerprint density at radius 3 is 2.54 bits per heavy atom. The minimum absolute atomic E-state index is 0.632. The van der Waals surface area contributed by atoms with Gasteiger partial charge in [-0.3, -0.25) is 4.99 Å². The minimum Gasteiger partial charge on any atom is -0.496 e. The highest BCUT2D eigenvalue weighted by atomic mass is 16.5. The zero-order valence-corrected chi connectivity index (χ0v) is 15.0. The first-order valence-electron chi connectivity index (χ1n) is 8.45. The maximum absolute atomic E-state index is 5.37. The monoisotopic (exact) mass is 349 g/mol. The van der Waals surface area contributed by atoms with Crippen LogP contribution in [0.4, 0.5) is 0 Å². The van der Waals surface area contributed by atoms with Gasteiger partial charge in [-0.15, -0.1) is 0 Å². The third-order valence-electron chi connectivity index (χ3n) is 3.98. The molecule has 1 aromatic heterocycles. The summed E-state index contributed by atoms with van der Waals surface area (Å²) in [4.78, 5) is 4.27. The van der Waals surface area contributed by atoms with Crippen LogP contribution in [-0.2, 0) is 13.1 Å². The van der Waals surface area contributed by atoms with Crippen LogP contribution in [0, 0.1) is 0 Å². The van der Waals surface area contributed by atoms with Crippen molar-refractivity contribution in [2.75, 3.05) is 14.2 Å². The van der Waals surface area contributed by atoms with Crippen molar-refractivity contribution in [3.8, 4) is 11.4 Å². The largest absolute Gasteiger partial charge is 0.496 e. The molecule has 3 aromatic rings. The highest BCUT2D eigenvalue weighted by Crippen LogP contribution is 2.16. The number of aromatic nitrogens is 2. The van der Waals surface area contributed by atoms with Gasteiger partial charge in [0.05, 0.1) is 19.0 Å². The van der Waals surface area contributed by atoms with Crippen LogP contribution in [0.5, 0.6) is 5.75 Å². The van der Waals surface area contributed by atoms with E-state index in [2.05, 4.69) is 20.7 Å². The lowest BCUT2D eigenvalue weighted by Gasteiger charge is -2.13. The number of para-hydroxylation sites is 2. The number of guanidine groups is 1. The fraction of sp³-hybridized carbons (Fsp3) is 0.200. The van der Waals surface area contributed by atoms with Crippen LogP contribution >= 0.6 is 0 Å². The number of hydrogen-bond acceptors (Lipinski definition) is 3. The van der Waals surface area contributed by atoms with Gasteiger partial charge in [0.1, 0.15) is 5.75 Å². The fourth-order valence-electron chi connectivity index (χ4n) is 2.61. The van der Waals surface area contributed by atoms with Crippen LogP contribution in [0.15, 0.2) is 72.0 Å². The number of benzene rings is 2. The van der Waals surface area contributed by atoms with Crippen LogP contribution in [-0.4, -0.2) is 29.9 Å². The molecule has 0 unspecified atom stereocenters. The molecule has 0 atom stereocenters. The molecule has 0 aliphatic rings. The second-order valence-electron chi connectivity index (χ2n) is 5.72. The van der Waals surface area contributed by atoms with Crippen molar-refractivity contribution in [1.29, 1.82) is 0 Å². The van der Waals surface area contributed by atoms with E-state index < -0.39 is 0 Å². The quantitative estimate of drug-likeness (QED) is 0.531. The molecule has 0 saturated carbocycles. The number of nitrogens with one attached hydrogen (secondary N) is 2. The zero-order chi connectivity index (χ0) is 18.2. The number of rotatable bonds is 6. The third-order valence-corrected chi connectivity index (χ3v) is 3.98. The van der Waals surface area contributed by atoms with Gasteiger partial charge in [0.15, 0.2) is 5.96 Å². The fourth-order valence-corrected chi connectivity index (χ4v) is 2.61. The van der Waals surface area contributed by atoms with Gasteiger partial charge in [0, 0.05) is 37.5 Å². The molecule has 0 spiro atoms. The van der Waals surface area contributed by atoms with Gasteiger partial charge in [-0.25, -0.2) is 4.68 Å². The predicted octanol–water partition coefficient (Wildman–Crippen LogP) is 2.75. The Bertz CT molecular complexity index is 857. The van der Waals surface area contributed by atoms with E-state index in [1.807, 2.05) is 71.7 Å². The van der Waals surface area contributed by atoms with E-state index in [1.165, 1.54) is 0 Å². The third kappa shape index (κ3) is 4.42. The van der Waals surface area contributed by atoms with Crippen molar-refractivity contribution in [3.05, 3.63) is 78.1 Å². The molecule has 6 nitrogen and oxygen atoms in total. The van der Waals surface area contributed by atoms with Gasteiger partial charge in [-0.1, -0.05) is 36.4 Å². The lowest BCUT2D eigenvalue weighted by Crippen LogP contribution is -2.36. The first kappa shape index (κ1) is 17.5. The smallest absolute Gasteiger partial charge is 0.191 e. The topological polar surface area (TPSA) is 63.5 Å². The van der Waals surface area contributed by atoms with E-state index in [4.69, 9.17) is 4.74 Å². The van der Waals surface area contributed by atoms with Gasteiger partial charge >= 0.3 is 0 Å². The molecule has 1 heterocycles. The molecule has 0 aliphatic heterocycles. The van der Waals surface area contributed by atoms with E-state index in [-0.39, 0.29) is 0 Å². The lowest BCUT2D eigenvalue weighted by atomic mass is 10.2. The summed E-state index contributed by atoms with van der Waals surface area (Å²) in [5, 5.41) is 11.0. The second kappa shape index (κ2) is 8.71. The Labute approximate surface area is 153 Å². The van der Waals surface area contributed by atoms with Crippen LogP contribution in [0.3, 0.4) is 0 Å². The lowest BCUT2D eigenvalue weighted by molar-refractivity contribution is 0.409. The van der Waals surface area contributed by atoms with E-state index in [0.29, 0.717) is 13.1 Å². The molecular weight excluding hydrogens is 326 g/mol. The highest BCUT2D eigenvalue weighted by Gasteiger charge is 2.05. The van der Waals surface area contributed by atoms with Crippen molar-refractivity contribution in [2.45, 2.75) is 13.1 Å². The van der Waals surface area contributed by atoms with Crippen LogP contribution in [0.25, 0.3) is 5.69 Å². The average molecular weight is 349 g/mol. The Kier molecular flexibility index (Phi) is 5.88. The molecule has 134 valence electrons. The second-order valence-corrected chi connectivity index (χ2v) is 5.72. The highest BCUT2D eigenvalue weighted by molar-refractivity contribution is 5.79. The summed E-state index contributed by atoms with van der Waals surface area (Å²) >= 11 is 0. The summed E-state index contributed by atoms with van der Waals surface area (Å²) in [7, 11) is 3.43. The number of ether oxygens (including phenoxy) is 1. The van der Waals surface area contributed by atoms with Crippen molar-refractivity contribution in [1.82, 2.24) is 20.4 Å². The molecule has 6 heteroatoms.